The van der Waals surface area contributed by atoms with Crippen LogP contribution in [0.2, 0.25) is 0 Å². The summed E-state index contributed by atoms with van der Waals surface area (Å²) in [7, 11) is 0. The van der Waals surface area contributed by atoms with Crippen molar-refractivity contribution in [3.05, 3.63) is 76.4 Å². The van der Waals surface area contributed by atoms with Gasteiger partial charge in [-0.05, 0) is 42.8 Å². The van der Waals surface area contributed by atoms with Gasteiger partial charge in [-0.15, -0.1) is 10.2 Å². The molecular formula is C18H14BrN3O. The fourth-order valence-corrected chi connectivity index (χ4v) is 2.38. The van der Waals surface area contributed by atoms with Gasteiger partial charge in [0, 0.05) is 15.7 Å². The molecule has 0 spiro atoms. The number of rotatable bonds is 3. The summed E-state index contributed by atoms with van der Waals surface area (Å²) in [6.45, 7) is 1.97. The van der Waals surface area contributed by atoms with Crippen LogP contribution in [0.3, 0.4) is 0 Å². The average Bonchev–Trinajstić information content (AvgIpc) is 2.59. The summed E-state index contributed by atoms with van der Waals surface area (Å²) < 4.78 is 1.00. The molecule has 0 saturated carbocycles. The molecule has 23 heavy (non-hydrogen) atoms. The molecule has 1 amide bonds. The third-order valence-electron chi connectivity index (χ3n) is 3.38. The lowest BCUT2D eigenvalue weighted by Gasteiger charge is -2.07. The first-order valence-electron chi connectivity index (χ1n) is 7.10. The van der Waals surface area contributed by atoms with Gasteiger partial charge in [0.05, 0.1) is 5.69 Å². The zero-order valence-electron chi connectivity index (χ0n) is 12.5. The first kappa shape index (κ1) is 15.4. The van der Waals surface area contributed by atoms with Crippen LogP contribution in [-0.4, -0.2) is 16.1 Å². The van der Waals surface area contributed by atoms with Crippen molar-refractivity contribution in [2.75, 3.05) is 5.32 Å². The van der Waals surface area contributed by atoms with Gasteiger partial charge >= 0.3 is 0 Å². The quantitative estimate of drug-likeness (QED) is 0.742. The Morgan fingerprint density at radius 2 is 1.78 bits per heavy atom. The Bertz CT molecular complexity index is 833. The van der Waals surface area contributed by atoms with E-state index in [-0.39, 0.29) is 11.6 Å². The summed E-state index contributed by atoms with van der Waals surface area (Å²) in [5, 5.41) is 11.0. The zero-order valence-corrected chi connectivity index (χ0v) is 14.0. The molecule has 4 nitrogen and oxygen atoms in total. The Morgan fingerprint density at radius 1 is 1.00 bits per heavy atom. The lowest BCUT2D eigenvalue weighted by atomic mass is 10.1. The molecule has 0 aliphatic carbocycles. The molecule has 114 valence electrons. The number of aromatic nitrogens is 2. The molecule has 0 bridgehead atoms. The molecular weight excluding hydrogens is 354 g/mol. The first-order chi connectivity index (χ1) is 11.1. The van der Waals surface area contributed by atoms with E-state index in [1.807, 2.05) is 55.5 Å². The smallest absolute Gasteiger partial charge is 0.276 e. The molecule has 1 heterocycles. The summed E-state index contributed by atoms with van der Waals surface area (Å²) >= 11 is 3.44. The van der Waals surface area contributed by atoms with E-state index >= 15 is 0 Å². The molecule has 3 rings (SSSR count). The van der Waals surface area contributed by atoms with Crippen LogP contribution in [0.1, 0.15) is 16.1 Å². The standard InChI is InChI=1S/C18H14BrN3O/c1-12-11-14(7-8-15(12)19)20-18(23)17-10-9-16(21-22-17)13-5-3-2-4-6-13/h2-11H,1H3,(H,20,23). The molecule has 5 heteroatoms. The molecule has 0 aliphatic heterocycles. The van der Waals surface area contributed by atoms with Crippen molar-refractivity contribution in [1.82, 2.24) is 10.2 Å². The lowest BCUT2D eigenvalue weighted by Crippen LogP contribution is -2.14. The number of hydrogen-bond donors (Lipinski definition) is 1. The minimum Gasteiger partial charge on any atom is -0.321 e. The van der Waals surface area contributed by atoms with Crippen LogP contribution < -0.4 is 5.32 Å². The normalized spacial score (nSPS) is 10.3. The van der Waals surface area contributed by atoms with Gasteiger partial charge in [-0.3, -0.25) is 4.79 Å². The van der Waals surface area contributed by atoms with Crippen molar-refractivity contribution in [2.45, 2.75) is 6.92 Å². The minimum absolute atomic E-state index is 0.279. The van der Waals surface area contributed by atoms with Crippen LogP contribution >= 0.6 is 15.9 Å². The van der Waals surface area contributed by atoms with Crippen LogP contribution in [0.4, 0.5) is 5.69 Å². The van der Waals surface area contributed by atoms with Crippen LogP contribution in [0.25, 0.3) is 11.3 Å². The van der Waals surface area contributed by atoms with Gasteiger partial charge in [-0.1, -0.05) is 46.3 Å². The molecule has 0 saturated heterocycles. The summed E-state index contributed by atoms with van der Waals surface area (Å²) in [4.78, 5) is 12.2. The van der Waals surface area contributed by atoms with E-state index in [4.69, 9.17) is 0 Å². The van der Waals surface area contributed by atoms with Crippen molar-refractivity contribution < 1.29 is 4.79 Å². The fraction of sp³-hybridized carbons (Fsp3) is 0.0556. The zero-order chi connectivity index (χ0) is 16.2. The predicted molar refractivity (Wildman–Crippen MR) is 94.3 cm³/mol. The minimum atomic E-state index is -0.279. The Hall–Kier alpha value is -2.53. The maximum Gasteiger partial charge on any atom is 0.276 e. The van der Waals surface area contributed by atoms with Crippen LogP contribution in [0.15, 0.2) is 65.1 Å². The lowest BCUT2D eigenvalue weighted by molar-refractivity contribution is 0.102. The highest BCUT2D eigenvalue weighted by Gasteiger charge is 2.10. The summed E-state index contributed by atoms with van der Waals surface area (Å²) in [6.07, 6.45) is 0. The second kappa shape index (κ2) is 6.71. The molecule has 0 aliphatic rings. The Balaban J connectivity index is 1.76. The van der Waals surface area contributed by atoms with E-state index in [0.717, 1.165) is 27.0 Å². The number of carbonyl (C=O) groups excluding carboxylic acids is 1. The van der Waals surface area contributed by atoms with Gasteiger partial charge in [-0.2, -0.15) is 0 Å². The Kier molecular flexibility index (Phi) is 4.48. The molecule has 0 unspecified atom stereocenters. The predicted octanol–water partition coefficient (Wildman–Crippen LogP) is 4.47. The number of hydrogen-bond acceptors (Lipinski definition) is 3. The molecule has 2 aromatic carbocycles. The number of nitrogens with one attached hydrogen (secondary N) is 1. The SMILES string of the molecule is Cc1cc(NC(=O)c2ccc(-c3ccccc3)nn2)ccc1Br. The molecule has 0 fully saturated rings. The van der Waals surface area contributed by atoms with Gasteiger partial charge in [0.1, 0.15) is 0 Å². The number of carbonyl (C=O) groups is 1. The largest absolute Gasteiger partial charge is 0.321 e. The van der Waals surface area contributed by atoms with Crippen molar-refractivity contribution in [3.63, 3.8) is 0 Å². The summed E-state index contributed by atoms with van der Waals surface area (Å²) in [5.41, 5.74) is 3.76. The number of benzene rings is 2. The maximum absolute atomic E-state index is 12.2. The first-order valence-corrected chi connectivity index (χ1v) is 7.89. The van der Waals surface area contributed by atoms with E-state index < -0.39 is 0 Å². The molecule has 1 aromatic heterocycles. The Labute approximate surface area is 142 Å². The molecule has 0 radical (unpaired) electrons. The topological polar surface area (TPSA) is 54.9 Å². The van der Waals surface area contributed by atoms with Gasteiger partial charge in [0.2, 0.25) is 0 Å². The monoisotopic (exact) mass is 367 g/mol. The fourth-order valence-electron chi connectivity index (χ4n) is 2.13. The second-order valence-electron chi connectivity index (χ2n) is 5.09. The van der Waals surface area contributed by atoms with Gasteiger partial charge in [0.25, 0.3) is 5.91 Å². The number of nitrogens with zero attached hydrogens (tertiary/aromatic N) is 2. The van der Waals surface area contributed by atoms with Crippen molar-refractivity contribution >= 4 is 27.5 Å². The average molecular weight is 368 g/mol. The van der Waals surface area contributed by atoms with E-state index in [1.165, 1.54) is 0 Å². The third-order valence-corrected chi connectivity index (χ3v) is 4.27. The summed E-state index contributed by atoms with van der Waals surface area (Å²) in [5.74, 6) is -0.279. The third kappa shape index (κ3) is 3.63. The van der Waals surface area contributed by atoms with E-state index in [2.05, 4.69) is 31.4 Å². The van der Waals surface area contributed by atoms with E-state index in [9.17, 15) is 4.79 Å². The van der Waals surface area contributed by atoms with Gasteiger partial charge < -0.3 is 5.32 Å². The number of halogens is 1. The number of aryl methyl sites for hydroxylation is 1. The van der Waals surface area contributed by atoms with Crippen LogP contribution in [-0.2, 0) is 0 Å². The Morgan fingerprint density at radius 3 is 2.43 bits per heavy atom. The van der Waals surface area contributed by atoms with Gasteiger partial charge in [-0.25, -0.2) is 0 Å². The van der Waals surface area contributed by atoms with E-state index in [0.29, 0.717) is 0 Å². The van der Waals surface area contributed by atoms with Crippen LogP contribution in [0.5, 0.6) is 0 Å². The maximum atomic E-state index is 12.2. The second-order valence-corrected chi connectivity index (χ2v) is 5.94. The molecule has 1 N–H and O–H groups in total. The molecule has 0 atom stereocenters. The highest BCUT2D eigenvalue weighted by molar-refractivity contribution is 9.10. The molecule has 3 aromatic rings. The van der Waals surface area contributed by atoms with Crippen molar-refractivity contribution in [2.24, 2.45) is 0 Å². The van der Waals surface area contributed by atoms with Gasteiger partial charge in [0.15, 0.2) is 5.69 Å². The van der Waals surface area contributed by atoms with Crippen LogP contribution in [0, 0.1) is 6.92 Å². The highest BCUT2D eigenvalue weighted by Crippen LogP contribution is 2.20. The summed E-state index contributed by atoms with van der Waals surface area (Å²) in [6, 6.07) is 18.8. The highest BCUT2D eigenvalue weighted by atomic mass is 79.9. The number of anilines is 1. The number of amides is 1. The van der Waals surface area contributed by atoms with E-state index in [1.54, 1.807) is 12.1 Å². The van der Waals surface area contributed by atoms with Crippen molar-refractivity contribution in [1.29, 1.82) is 0 Å². The van der Waals surface area contributed by atoms with Crippen molar-refractivity contribution in [3.8, 4) is 11.3 Å².